The number of hydrogen-bond donors (Lipinski definition) is 1. The highest BCUT2D eigenvalue weighted by molar-refractivity contribution is 4.97. The van der Waals surface area contributed by atoms with Gasteiger partial charge in [0.05, 0.1) is 6.54 Å². The van der Waals surface area contributed by atoms with Crippen molar-refractivity contribution >= 4 is 0 Å². The van der Waals surface area contributed by atoms with Crippen LogP contribution in [0.4, 0.5) is 0 Å². The van der Waals surface area contributed by atoms with Crippen molar-refractivity contribution in [1.29, 1.82) is 0 Å². The van der Waals surface area contributed by atoms with Crippen molar-refractivity contribution in [2.24, 2.45) is 0 Å². The monoisotopic (exact) mass is 194 g/mol. The molecule has 0 radical (unpaired) electrons. The second kappa shape index (κ2) is 3.69. The van der Waals surface area contributed by atoms with E-state index in [0.717, 1.165) is 24.2 Å². The van der Waals surface area contributed by atoms with Crippen LogP contribution < -0.4 is 5.32 Å². The number of aryl methyl sites for hydroxylation is 1. The predicted molar refractivity (Wildman–Crippen MR) is 55.0 cm³/mol. The van der Waals surface area contributed by atoms with Crippen molar-refractivity contribution < 1.29 is 0 Å². The van der Waals surface area contributed by atoms with Crippen LogP contribution in [-0.4, -0.2) is 20.8 Å². The Morgan fingerprint density at radius 3 is 2.71 bits per heavy atom. The summed E-state index contributed by atoms with van der Waals surface area (Å²) < 4.78 is 2.19. The second-order valence-electron chi connectivity index (χ2n) is 4.28. The number of aromatic nitrogens is 3. The molecule has 4 nitrogen and oxygen atoms in total. The third-order valence-electron chi connectivity index (χ3n) is 2.58. The first-order valence-electron chi connectivity index (χ1n) is 5.32. The summed E-state index contributed by atoms with van der Waals surface area (Å²) in [7, 11) is 0. The van der Waals surface area contributed by atoms with Crippen molar-refractivity contribution in [3.63, 3.8) is 0 Å². The van der Waals surface area contributed by atoms with Crippen molar-refractivity contribution in [1.82, 2.24) is 20.1 Å². The SMILES string of the molecule is Cc1nnc(CNC2CC2)n1C(C)C. The average Bonchev–Trinajstić information content (AvgIpc) is 2.86. The Bertz CT molecular complexity index is 312. The molecule has 1 saturated carbocycles. The smallest absolute Gasteiger partial charge is 0.147 e. The van der Waals surface area contributed by atoms with Crippen molar-refractivity contribution in [2.75, 3.05) is 0 Å². The molecule has 0 aromatic carbocycles. The van der Waals surface area contributed by atoms with E-state index in [1.54, 1.807) is 0 Å². The minimum atomic E-state index is 0.445. The summed E-state index contributed by atoms with van der Waals surface area (Å²) >= 11 is 0. The van der Waals surface area contributed by atoms with E-state index < -0.39 is 0 Å². The molecule has 1 aliphatic carbocycles. The fraction of sp³-hybridized carbons (Fsp3) is 0.800. The van der Waals surface area contributed by atoms with E-state index >= 15 is 0 Å². The van der Waals surface area contributed by atoms with Crippen molar-refractivity contribution in [2.45, 2.75) is 52.2 Å². The van der Waals surface area contributed by atoms with Gasteiger partial charge in [-0.1, -0.05) is 0 Å². The largest absolute Gasteiger partial charge is 0.312 e. The molecule has 1 fully saturated rings. The molecule has 0 atom stereocenters. The van der Waals surface area contributed by atoms with E-state index in [1.807, 2.05) is 6.92 Å². The minimum Gasteiger partial charge on any atom is -0.312 e. The highest BCUT2D eigenvalue weighted by Gasteiger charge is 2.21. The Morgan fingerprint density at radius 2 is 2.14 bits per heavy atom. The Morgan fingerprint density at radius 1 is 1.43 bits per heavy atom. The van der Waals surface area contributed by atoms with E-state index in [-0.39, 0.29) is 0 Å². The maximum Gasteiger partial charge on any atom is 0.147 e. The fourth-order valence-electron chi connectivity index (χ4n) is 1.73. The number of nitrogens with one attached hydrogen (secondary N) is 1. The Labute approximate surface area is 84.7 Å². The number of rotatable bonds is 4. The molecule has 0 spiro atoms. The van der Waals surface area contributed by atoms with Gasteiger partial charge in [-0.2, -0.15) is 0 Å². The summed E-state index contributed by atoms with van der Waals surface area (Å²) in [4.78, 5) is 0. The van der Waals surface area contributed by atoms with Gasteiger partial charge in [-0.05, 0) is 33.6 Å². The lowest BCUT2D eigenvalue weighted by molar-refractivity contribution is 0.530. The molecular formula is C10H18N4. The van der Waals surface area contributed by atoms with Crippen LogP contribution in [0.25, 0.3) is 0 Å². The third kappa shape index (κ3) is 1.95. The van der Waals surface area contributed by atoms with Crippen LogP contribution in [0.1, 0.15) is 44.4 Å². The Balaban J connectivity index is 2.06. The number of hydrogen-bond acceptors (Lipinski definition) is 3. The van der Waals surface area contributed by atoms with Crippen molar-refractivity contribution in [3.05, 3.63) is 11.6 Å². The van der Waals surface area contributed by atoms with Gasteiger partial charge in [0.25, 0.3) is 0 Å². The van der Waals surface area contributed by atoms with Crippen LogP contribution in [0, 0.1) is 6.92 Å². The summed E-state index contributed by atoms with van der Waals surface area (Å²) in [5.74, 6) is 2.07. The van der Waals surface area contributed by atoms with Gasteiger partial charge in [0, 0.05) is 12.1 Å². The van der Waals surface area contributed by atoms with Gasteiger partial charge >= 0.3 is 0 Å². The summed E-state index contributed by atoms with van der Waals surface area (Å²) in [5.41, 5.74) is 0. The zero-order chi connectivity index (χ0) is 10.1. The summed E-state index contributed by atoms with van der Waals surface area (Å²) in [5, 5.41) is 11.8. The fourth-order valence-corrected chi connectivity index (χ4v) is 1.73. The lowest BCUT2D eigenvalue weighted by atomic mass is 10.3. The van der Waals surface area contributed by atoms with E-state index in [0.29, 0.717) is 6.04 Å². The van der Waals surface area contributed by atoms with Gasteiger partial charge in [-0.15, -0.1) is 10.2 Å². The van der Waals surface area contributed by atoms with Crippen LogP contribution in [0.15, 0.2) is 0 Å². The zero-order valence-electron chi connectivity index (χ0n) is 9.12. The molecule has 0 unspecified atom stereocenters. The molecule has 1 heterocycles. The maximum atomic E-state index is 4.19. The highest BCUT2D eigenvalue weighted by Crippen LogP contribution is 2.19. The average molecular weight is 194 g/mol. The van der Waals surface area contributed by atoms with Crippen LogP contribution in [0.3, 0.4) is 0 Å². The van der Waals surface area contributed by atoms with Crippen LogP contribution >= 0.6 is 0 Å². The first-order chi connectivity index (χ1) is 6.68. The highest BCUT2D eigenvalue weighted by atomic mass is 15.3. The normalized spacial score (nSPS) is 16.6. The molecule has 1 aromatic rings. The van der Waals surface area contributed by atoms with Gasteiger partial charge in [0.15, 0.2) is 0 Å². The second-order valence-corrected chi connectivity index (χ2v) is 4.28. The first kappa shape index (κ1) is 9.65. The molecule has 0 bridgehead atoms. The maximum absolute atomic E-state index is 4.19. The van der Waals surface area contributed by atoms with Crippen LogP contribution in [0.2, 0.25) is 0 Å². The molecule has 14 heavy (non-hydrogen) atoms. The van der Waals surface area contributed by atoms with E-state index in [1.165, 1.54) is 12.8 Å². The van der Waals surface area contributed by atoms with E-state index in [9.17, 15) is 0 Å². The topological polar surface area (TPSA) is 42.7 Å². The lowest BCUT2D eigenvalue weighted by Gasteiger charge is -2.12. The standard InChI is InChI=1S/C10H18N4/c1-7(2)14-8(3)12-13-10(14)6-11-9-4-5-9/h7,9,11H,4-6H2,1-3H3. The van der Waals surface area contributed by atoms with Gasteiger partial charge in [-0.3, -0.25) is 0 Å². The molecule has 1 N–H and O–H groups in total. The first-order valence-corrected chi connectivity index (χ1v) is 5.32. The molecule has 78 valence electrons. The minimum absolute atomic E-state index is 0.445. The molecule has 2 rings (SSSR count). The summed E-state index contributed by atoms with van der Waals surface area (Å²) in [6.45, 7) is 7.19. The van der Waals surface area contributed by atoms with Gasteiger partial charge < -0.3 is 9.88 Å². The van der Waals surface area contributed by atoms with E-state index in [4.69, 9.17) is 0 Å². The summed E-state index contributed by atoms with van der Waals surface area (Å²) in [6.07, 6.45) is 2.63. The lowest BCUT2D eigenvalue weighted by Crippen LogP contribution is -2.20. The Kier molecular flexibility index (Phi) is 2.54. The Hall–Kier alpha value is -0.900. The summed E-state index contributed by atoms with van der Waals surface area (Å²) in [6, 6.07) is 1.17. The number of nitrogens with zero attached hydrogens (tertiary/aromatic N) is 3. The van der Waals surface area contributed by atoms with Gasteiger partial charge in [-0.25, -0.2) is 0 Å². The van der Waals surface area contributed by atoms with Gasteiger partial charge in [0.2, 0.25) is 0 Å². The van der Waals surface area contributed by atoms with Crippen molar-refractivity contribution in [3.8, 4) is 0 Å². The molecule has 0 aliphatic heterocycles. The molecule has 0 amide bonds. The molecule has 1 aliphatic rings. The molecular weight excluding hydrogens is 176 g/mol. The van der Waals surface area contributed by atoms with Crippen LogP contribution in [-0.2, 0) is 6.54 Å². The predicted octanol–water partition coefficient (Wildman–Crippen LogP) is 1.42. The molecule has 1 aromatic heterocycles. The van der Waals surface area contributed by atoms with Gasteiger partial charge in [0.1, 0.15) is 11.6 Å². The molecule has 0 saturated heterocycles. The quantitative estimate of drug-likeness (QED) is 0.788. The van der Waals surface area contributed by atoms with E-state index in [2.05, 4.69) is 33.9 Å². The molecule has 4 heteroatoms. The third-order valence-corrected chi connectivity index (χ3v) is 2.58. The van der Waals surface area contributed by atoms with Crippen LogP contribution in [0.5, 0.6) is 0 Å². The zero-order valence-corrected chi connectivity index (χ0v) is 9.12.